The van der Waals surface area contributed by atoms with Crippen molar-refractivity contribution >= 4 is 21.4 Å². The molecule has 2 aromatic heterocycles. The molecule has 0 saturated carbocycles. The van der Waals surface area contributed by atoms with Crippen molar-refractivity contribution in [2.75, 3.05) is 19.7 Å². The highest BCUT2D eigenvalue weighted by atomic mass is 32.2. The van der Waals surface area contributed by atoms with E-state index in [4.69, 9.17) is 0 Å². The summed E-state index contributed by atoms with van der Waals surface area (Å²) in [5, 5.41) is 13.8. The average molecular weight is 341 g/mol. The summed E-state index contributed by atoms with van der Waals surface area (Å²) < 4.78 is 29.0. The smallest absolute Gasteiger partial charge is 0.252 e. The van der Waals surface area contributed by atoms with Crippen LogP contribution in [0.15, 0.2) is 28.7 Å². The molecule has 1 aliphatic heterocycles. The van der Waals surface area contributed by atoms with Crippen molar-refractivity contribution in [1.29, 1.82) is 0 Å². The fourth-order valence-corrected chi connectivity index (χ4v) is 5.86. The second-order valence-corrected chi connectivity index (χ2v) is 9.14. The molecule has 0 bridgehead atoms. The molecule has 1 fully saturated rings. The van der Waals surface area contributed by atoms with Crippen molar-refractivity contribution in [2.24, 2.45) is 13.0 Å². The molecule has 1 aliphatic rings. The number of aliphatic hydroxyl groups excluding tert-OH is 1. The molecule has 3 heterocycles. The van der Waals surface area contributed by atoms with E-state index in [1.807, 2.05) is 26.2 Å². The Kier molecular flexibility index (Phi) is 4.11. The summed E-state index contributed by atoms with van der Waals surface area (Å²) in [5.74, 6) is -0.116. The zero-order chi connectivity index (χ0) is 15.9. The average Bonchev–Trinajstić information content (AvgIpc) is 3.17. The monoisotopic (exact) mass is 341 g/mol. The Hall–Kier alpha value is -1.22. The van der Waals surface area contributed by atoms with Gasteiger partial charge in [0.05, 0.1) is 6.20 Å². The molecule has 2 atom stereocenters. The van der Waals surface area contributed by atoms with Gasteiger partial charge in [0.2, 0.25) is 0 Å². The highest BCUT2D eigenvalue weighted by molar-refractivity contribution is 7.91. The van der Waals surface area contributed by atoms with Gasteiger partial charge in [-0.05, 0) is 24.6 Å². The van der Waals surface area contributed by atoms with Crippen molar-refractivity contribution < 1.29 is 13.5 Å². The lowest BCUT2D eigenvalue weighted by Gasteiger charge is -2.14. The van der Waals surface area contributed by atoms with Gasteiger partial charge >= 0.3 is 0 Å². The van der Waals surface area contributed by atoms with Gasteiger partial charge in [-0.25, -0.2) is 8.42 Å². The summed E-state index contributed by atoms with van der Waals surface area (Å²) in [6.45, 7) is 2.59. The van der Waals surface area contributed by atoms with E-state index in [0.29, 0.717) is 17.3 Å². The number of thiophene rings is 1. The minimum absolute atomic E-state index is 0.0189. The molecule has 6 nitrogen and oxygen atoms in total. The normalized spacial score (nSPS) is 23.2. The Balaban J connectivity index is 1.88. The first kappa shape index (κ1) is 15.7. The van der Waals surface area contributed by atoms with Crippen LogP contribution in [0.4, 0.5) is 0 Å². The van der Waals surface area contributed by atoms with E-state index in [1.165, 1.54) is 15.6 Å². The summed E-state index contributed by atoms with van der Waals surface area (Å²) in [6, 6.07) is 3.47. The van der Waals surface area contributed by atoms with Crippen LogP contribution >= 0.6 is 11.3 Å². The fourth-order valence-electron chi connectivity index (χ4n) is 2.90. The summed E-state index contributed by atoms with van der Waals surface area (Å²) in [6.07, 6.45) is 3.64. The largest absolute Gasteiger partial charge is 0.396 e. The molecule has 1 N–H and O–H groups in total. The molecular formula is C14H19N3O3S2. The Labute approximate surface area is 134 Å². The predicted molar refractivity (Wildman–Crippen MR) is 84.3 cm³/mol. The summed E-state index contributed by atoms with van der Waals surface area (Å²) >= 11 is 1.28. The van der Waals surface area contributed by atoms with Gasteiger partial charge in [0.25, 0.3) is 10.0 Å². The third-order valence-corrected chi connectivity index (χ3v) is 7.40. The molecule has 0 unspecified atom stereocenters. The van der Waals surface area contributed by atoms with Crippen molar-refractivity contribution in [3.63, 3.8) is 0 Å². The molecule has 0 amide bonds. The lowest BCUT2D eigenvalue weighted by Crippen LogP contribution is -2.28. The van der Waals surface area contributed by atoms with E-state index >= 15 is 0 Å². The Bertz CT molecular complexity index is 766. The van der Waals surface area contributed by atoms with E-state index in [2.05, 4.69) is 5.10 Å². The van der Waals surface area contributed by atoms with Crippen LogP contribution in [0.3, 0.4) is 0 Å². The molecule has 2 aromatic rings. The van der Waals surface area contributed by atoms with Gasteiger partial charge in [0.1, 0.15) is 4.21 Å². The van der Waals surface area contributed by atoms with Crippen LogP contribution in [0.1, 0.15) is 16.4 Å². The quantitative estimate of drug-likeness (QED) is 0.906. The third-order valence-electron chi connectivity index (χ3n) is 4.10. The molecule has 0 spiro atoms. The maximum atomic E-state index is 12.7. The number of rotatable bonds is 4. The van der Waals surface area contributed by atoms with Crippen LogP contribution in [-0.2, 0) is 17.1 Å². The van der Waals surface area contributed by atoms with Crippen LogP contribution in [0.2, 0.25) is 0 Å². The van der Waals surface area contributed by atoms with Gasteiger partial charge in [-0.1, -0.05) is 0 Å². The fraction of sp³-hybridized carbons (Fsp3) is 0.500. The van der Waals surface area contributed by atoms with Gasteiger partial charge < -0.3 is 5.11 Å². The standard InChI is InChI=1S/C14H19N3O3S2/c1-10-3-4-14(21-10)22(19,20)17-7-12(9-18)13(8-17)11-5-15-16(2)6-11/h3-6,12-13,18H,7-9H2,1-2H3/t12-,13-/m0/s1. The zero-order valence-corrected chi connectivity index (χ0v) is 14.1. The second kappa shape index (κ2) is 5.77. The van der Waals surface area contributed by atoms with Crippen LogP contribution in [0, 0.1) is 12.8 Å². The minimum atomic E-state index is -3.48. The predicted octanol–water partition coefficient (Wildman–Crippen LogP) is 1.19. The Morgan fingerprint density at radius 2 is 2.18 bits per heavy atom. The maximum absolute atomic E-state index is 12.7. The van der Waals surface area contributed by atoms with E-state index in [0.717, 1.165) is 10.4 Å². The molecule has 1 saturated heterocycles. The Morgan fingerprint density at radius 3 is 2.73 bits per heavy atom. The number of sulfonamides is 1. The van der Waals surface area contributed by atoms with Crippen molar-refractivity contribution in [2.45, 2.75) is 17.1 Å². The third kappa shape index (κ3) is 2.71. The summed E-state index contributed by atoms with van der Waals surface area (Å²) in [5.41, 5.74) is 0.974. The zero-order valence-electron chi connectivity index (χ0n) is 12.5. The molecule has 0 aromatic carbocycles. The van der Waals surface area contributed by atoms with Gasteiger partial charge in [0.15, 0.2) is 0 Å². The number of hydrogen-bond acceptors (Lipinski definition) is 5. The van der Waals surface area contributed by atoms with Crippen LogP contribution in [-0.4, -0.2) is 47.3 Å². The molecule has 3 rings (SSSR count). The van der Waals surface area contributed by atoms with Gasteiger partial charge in [-0.15, -0.1) is 11.3 Å². The highest BCUT2D eigenvalue weighted by Crippen LogP contribution is 2.36. The topological polar surface area (TPSA) is 75.4 Å². The van der Waals surface area contributed by atoms with Crippen molar-refractivity contribution in [3.8, 4) is 0 Å². The first-order chi connectivity index (χ1) is 10.4. The van der Waals surface area contributed by atoms with E-state index in [-0.39, 0.29) is 18.4 Å². The molecule has 22 heavy (non-hydrogen) atoms. The number of aliphatic hydroxyl groups is 1. The number of aromatic nitrogens is 2. The number of hydrogen-bond donors (Lipinski definition) is 1. The Morgan fingerprint density at radius 1 is 1.41 bits per heavy atom. The van der Waals surface area contributed by atoms with Crippen molar-refractivity contribution in [3.05, 3.63) is 35.0 Å². The summed E-state index contributed by atoms with van der Waals surface area (Å²) in [7, 11) is -1.65. The molecule has 0 radical (unpaired) electrons. The van der Waals surface area contributed by atoms with Gasteiger partial charge in [0, 0.05) is 49.7 Å². The van der Waals surface area contributed by atoms with E-state index in [9.17, 15) is 13.5 Å². The lowest BCUT2D eigenvalue weighted by atomic mass is 9.92. The molecule has 120 valence electrons. The SMILES string of the molecule is Cc1ccc(S(=O)(=O)N2C[C@@H](CO)[C@H](c3cnn(C)c3)C2)s1. The second-order valence-electron chi connectivity index (χ2n) is 5.68. The van der Waals surface area contributed by atoms with E-state index in [1.54, 1.807) is 16.9 Å². The number of nitrogens with zero attached hydrogens (tertiary/aromatic N) is 3. The van der Waals surface area contributed by atoms with Crippen LogP contribution in [0.25, 0.3) is 0 Å². The van der Waals surface area contributed by atoms with Crippen molar-refractivity contribution in [1.82, 2.24) is 14.1 Å². The molecule has 0 aliphatic carbocycles. The van der Waals surface area contributed by atoms with Crippen LogP contribution < -0.4 is 0 Å². The minimum Gasteiger partial charge on any atom is -0.396 e. The lowest BCUT2D eigenvalue weighted by molar-refractivity contribution is 0.223. The summed E-state index contributed by atoms with van der Waals surface area (Å²) in [4.78, 5) is 0.972. The first-order valence-electron chi connectivity index (χ1n) is 7.08. The van der Waals surface area contributed by atoms with Gasteiger partial charge in [-0.2, -0.15) is 9.40 Å². The van der Waals surface area contributed by atoms with Crippen LogP contribution in [0.5, 0.6) is 0 Å². The van der Waals surface area contributed by atoms with E-state index < -0.39 is 10.0 Å². The molecular weight excluding hydrogens is 322 g/mol. The van der Waals surface area contributed by atoms with Gasteiger partial charge in [-0.3, -0.25) is 4.68 Å². The first-order valence-corrected chi connectivity index (χ1v) is 9.33. The molecule has 8 heteroatoms. The number of aryl methyl sites for hydroxylation is 2. The maximum Gasteiger partial charge on any atom is 0.252 e. The highest BCUT2D eigenvalue weighted by Gasteiger charge is 2.40.